The molecule has 2 aromatic rings. The summed E-state index contributed by atoms with van der Waals surface area (Å²) in [7, 11) is 0. The molecule has 0 amide bonds. The SMILES string of the molecule is Cc1ccc(C)c(NC2CCCc3ccccc32)c1. The van der Waals surface area contributed by atoms with E-state index in [1.54, 1.807) is 0 Å². The molecule has 1 aliphatic rings. The van der Waals surface area contributed by atoms with Gasteiger partial charge in [0.05, 0.1) is 6.04 Å². The highest BCUT2D eigenvalue weighted by Crippen LogP contribution is 2.33. The molecule has 0 aromatic heterocycles. The Morgan fingerprint density at radius 2 is 1.89 bits per heavy atom. The average molecular weight is 251 g/mol. The van der Waals surface area contributed by atoms with Crippen molar-refractivity contribution in [3.05, 3.63) is 64.7 Å². The second-order valence-electron chi connectivity index (χ2n) is 5.61. The van der Waals surface area contributed by atoms with Gasteiger partial charge in [-0.2, -0.15) is 0 Å². The molecule has 98 valence electrons. The number of fused-ring (bicyclic) bond motifs is 1. The van der Waals surface area contributed by atoms with Crippen LogP contribution < -0.4 is 5.32 Å². The van der Waals surface area contributed by atoms with Crippen molar-refractivity contribution < 1.29 is 0 Å². The van der Waals surface area contributed by atoms with E-state index in [1.165, 1.54) is 47.2 Å². The number of anilines is 1. The van der Waals surface area contributed by atoms with Crippen molar-refractivity contribution in [3.8, 4) is 0 Å². The van der Waals surface area contributed by atoms with Crippen molar-refractivity contribution in [2.45, 2.75) is 39.2 Å². The van der Waals surface area contributed by atoms with E-state index in [4.69, 9.17) is 0 Å². The smallest absolute Gasteiger partial charge is 0.0516 e. The summed E-state index contributed by atoms with van der Waals surface area (Å²) in [4.78, 5) is 0. The second kappa shape index (κ2) is 5.08. The summed E-state index contributed by atoms with van der Waals surface area (Å²) in [5.41, 5.74) is 6.92. The minimum atomic E-state index is 0.463. The van der Waals surface area contributed by atoms with Gasteiger partial charge in [0.25, 0.3) is 0 Å². The Hall–Kier alpha value is -1.76. The van der Waals surface area contributed by atoms with E-state index in [0.717, 1.165) is 0 Å². The van der Waals surface area contributed by atoms with Crippen LogP contribution in [-0.2, 0) is 6.42 Å². The third-order valence-corrected chi connectivity index (χ3v) is 4.09. The van der Waals surface area contributed by atoms with Crippen LogP contribution in [0.4, 0.5) is 5.69 Å². The number of hydrogen-bond acceptors (Lipinski definition) is 1. The highest BCUT2D eigenvalue weighted by atomic mass is 14.9. The molecule has 0 radical (unpaired) electrons. The van der Waals surface area contributed by atoms with E-state index in [9.17, 15) is 0 Å². The second-order valence-corrected chi connectivity index (χ2v) is 5.61. The van der Waals surface area contributed by atoms with Gasteiger partial charge in [-0.1, -0.05) is 36.4 Å². The minimum absolute atomic E-state index is 0.463. The van der Waals surface area contributed by atoms with Gasteiger partial charge in [-0.3, -0.25) is 0 Å². The van der Waals surface area contributed by atoms with Gasteiger partial charge in [0.2, 0.25) is 0 Å². The molecular weight excluding hydrogens is 230 g/mol. The average Bonchev–Trinajstić information content (AvgIpc) is 2.43. The van der Waals surface area contributed by atoms with Crippen LogP contribution in [0.1, 0.15) is 41.1 Å². The first-order chi connectivity index (χ1) is 9.24. The Morgan fingerprint density at radius 3 is 2.79 bits per heavy atom. The van der Waals surface area contributed by atoms with Gasteiger partial charge in [0.1, 0.15) is 0 Å². The number of rotatable bonds is 2. The Labute approximate surface area is 115 Å². The van der Waals surface area contributed by atoms with Gasteiger partial charge >= 0.3 is 0 Å². The molecule has 3 rings (SSSR count). The van der Waals surface area contributed by atoms with Crippen LogP contribution in [0.15, 0.2) is 42.5 Å². The molecule has 0 heterocycles. The van der Waals surface area contributed by atoms with Crippen molar-refractivity contribution in [2.75, 3.05) is 5.32 Å². The van der Waals surface area contributed by atoms with Crippen molar-refractivity contribution in [3.63, 3.8) is 0 Å². The molecule has 0 spiro atoms. The molecule has 1 aliphatic carbocycles. The summed E-state index contributed by atoms with van der Waals surface area (Å²) in [5.74, 6) is 0. The summed E-state index contributed by atoms with van der Waals surface area (Å²) in [6.45, 7) is 4.33. The Morgan fingerprint density at radius 1 is 1.05 bits per heavy atom. The number of hydrogen-bond donors (Lipinski definition) is 1. The lowest BCUT2D eigenvalue weighted by molar-refractivity contribution is 0.600. The number of aryl methyl sites for hydroxylation is 3. The predicted molar refractivity (Wildman–Crippen MR) is 81.7 cm³/mol. The molecule has 0 aliphatic heterocycles. The Bertz CT molecular complexity index is 586. The van der Waals surface area contributed by atoms with Gasteiger partial charge in [-0.15, -0.1) is 0 Å². The lowest BCUT2D eigenvalue weighted by Gasteiger charge is -2.28. The van der Waals surface area contributed by atoms with E-state index >= 15 is 0 Å². The fourth-order valence-corrected chi connectivity index (χ4v) is 2.98. The van der Waals surface area contributed by atoms with Gasteiger partial charge in [0, 0.05) is 5.69 Å². The van der Waals surface area contributed by atoms with Gasteiger partial charge in [-0.05, 0) is 61.4 Å². The van der Waals surface area contributed by atoms with Gasteiger partial charge < -0.3 is 5.32 Å². The van der Waals surface area contributed by atoms with E-state index in [-0.39, 0.29) is 0 Å². The normalized spacial score (nSPS) is 17.9. The van der Waals surface area contributed by atoms with Crippen LogP contribution in [0.2, 0.25) is 0 Å². The zero-order chi connectivity index (χ0) is 13.2. The highest BCUT2D eigenvalue weighted by molar-refractivity contribution is 5.54. The van der Waals surface area contributed by atoms with Crippen molar-refractivity contribution >= 4 is 5.69 Å². The third-order valence-electron chi connectivity index (χ3n) is 4.09. The molecular formula is C18H21N. The summed E-state index contributed by atoms with van der Waals surface area (Å²) in [6.07, 6.45) is 3.73. The molecule has 0 saturated carbocycles. The molecule has 2 aromatic carbocycles. The standard InChI is InChI=1S/C18H21N/c1-13-10-11-14(2)18(12-13)19-17-9-5-7-15-6-3-4-8-16(15)17/h3-4,6,8,10-12,17,19H,5,7,9H2,1-2H3. The first-order valence-corrected chi connectivity index (χ1v) is 7.15. The molecule has 1 atom stereocenters. The van der Waals surface area contributed by atoms with E-state index in [2.05, 4.69) is 61.6 Å². The lowest BCUT2D eigenvalue weighted by atomic mass is 9.87. The lowest BCUT2D eigenvalue weighted by Crippen LogP contribution is -2.17. The van der Waals surface area contributed by atoms with Crippen LogP contribution >= 0.6 is 0 Å². The number of nitrogens with one attached hydrogen (secondary N) is 1. The maximum absolute atomic E-state index is 3.75. The maximum Gasteiger partial charge on any atom is 0.0516 e. The molecule has 1 nitrogen and oxygen atoms in total. The molecule has 0 fully saturated rings. The highest BCUT2D eigenvalue weighted by Gasteiger charge is 2.19. The quantitative estimate of drug-likeness (QED) is 0.809. The van der Waals surface area contributed by atoms with E-state index in [0.29, 0.717) is 6.04 Å². The van der Waals surface area contributed by atoms with Crippen LogP contribution in [0, 0.1) is 13.8 Å². The Kier molecular flexibility index (Phi) is 3.29. The summed E-state index contributed by atoms with van der Waals surface area (Å²) in [6, 6.07) is 15.9. The summed E-state index contributed by atoms with van der Waals surface area (Å²) >= 11 is 0. The largest absolute Gasteiger partial charge is 0.378 e. The third kappa shape index (κ3) is 2.51. The monoisotopic (exact) mass is 251 g/mol. The van der Waals surface area contributed by atoms with Gasteiger partial charge in [-0.25, -0.2) is 0 Å². The van der Waals surface area contributed by atoms with E-state index in [1.807, 2.05) is 0 Å². The zero-order valence-corrected chi connectivity index (χ0v) is 11.7. The first kappa shape index (κ1) is 12.3. The summed E-state index contributed by atoms with van der Waals surface area (Å²) in [5, 5.41) is 3.75. The van der Waals surface area contributed by atoms with E-state index < -0.39 is 0 Å². The van der Waals surface area contributed by atoms with Crippen molar-refractivity contribution in [2.24, 2.45) is 0 Å². The molecule has 0 saturated heterocycles. The molecule has 1 N–H and O–H groups in total. The first-order valence-electron chi connectivity index (χ1n) is 7.15. The zero-order valence-electron chi connectivity index (χ0n) is 11.7. The van der Waals surface area contributed by atoms with Crippen LogP contribution in [0.25, 0.3) is 0 Å². The number of benzene rings is 2. The molecule has 19 heavy (non-hydrogen) atoms. The fraction of sp³-hybridized carbons (Fsp3) is 0.333. The maximum atomic E-state index is 3.75. The van der Waals surface area contributed by atoms with Crippen LogP contribution in [-0.4, -0.2) is 0 Å². The van der Waals surface area contributed by atoms with Crippen molar-refractivity contribution in [1.82, 2.24) is 0 Å². The predicted octanol–water partition coefficient (Wildman–Crippen LogP) is 4.79. The summed E-state index contributed by atoms with van der Waals surface area (Å²) < 4.78 is 0. The fourth-order valence-electron chi connectivity index (χ4n) is 2.98. The molecule has 1 heteroatoms. The topological polar surface area (TPSA) is 12.0 Å². The molecule has 1 unspecified atom stereocenters. The van der Waals surface area contributed by atoms with Crippen molar-refractivity contribution in [1.29, 1.82) is 0 Å². The minimum Gasteiger partial charge on any atom is -0.378 e. The van der Waals surface area contributed by atoms with Crippen LogP contribution in [0.5, 0.6) is 0 Å². The van der Waals surface area contributed by atoms with Gasteiger partial charge in [0.15, 0.2) is 0 Å². The molecule has 0 bridgehead atoms. The van der Waals surface area contributed by atoms with Crippen LogP contribution in [0.3, 0.4) is 0 Å². The Balaban J connectivity index is 1.90.